The van der Waals surface area contributed by atoms with Crippen LogP contribution in [0.4, 0.5) is 0 Å². The molecule has 6 aliphatic heterocycles. The van der Waals surface area contributed by atoms with Crippen LogP contribution >= 0.6 is 0 Å². The van der Waals surface area contributed by atoms with E-state index in [4.69, 9.17) is 56.8 Å². The maximum Gasteiger partial charge on any atom is 0.282 e. The summed E-state index contributed by atoms with van der Waals surface area (Å²) in [7, 11) is 0. The highest BCUT2D eigenvalue weighted by molar-refractivity contribution is 4.90. The lowest BCUT2D eigenvalue weighted by atomic mass is 9.83. The number of unbranched alkanes of at least 4 members (excludes halogenated alkanes) is 1. The van der Waals surface area contributed by atoms with E-state index in [2.05, 4.69) is 41.5 Å². The van der Waals surface area contributed by atoms with Gasteiger partial charge in [0.05, 0.1) is 119 Å². The standard InChI is InChI=1S/C42H74O12/c1-7-35(17-43-18-35)29-49-41(50-30-36(8-2)19-44-20-36,51-31-37(9-3)21-45-22-37)15-13-14-16-42(52-32-38(10-4)23-46-24-38,53-33-39(11-5)25-47-26-39)54-34-40(12-6)27-48-28-40/h7-34H2,1-6H3. The third-order valence-corrected chi connectivity index (χ3v) is 14.2. The molecule has 0 aromatic carbocycles. The molecule has 0 spiro atoms. The van der Waals surface area contributed by atoms with Crippen molar-refractivity contribution in [2.45, 2.75) is 118 Å². The number of rotatable bonds is 29. The van der Waals surface area contributed by atoms with Crippen molar-refractivity contribution in [3.05, 3.63) is 0 Å². The van der Waals surface area contributed by atoms with Gasteiger partial charge in [-0.3, -0.25) is 0 Å². The van der Waals surface area contributed by atoms with Crippen LogP contribution in [0.5, 0.6) is 0 Å². The molecule has 314 valence electrons. The van der Waals surface area contributed by atoms with Gasteiger partial charge in [-0.1, -0.05) is 41.5 Å². The molecular formula is C42H74O12. The van der Waals surface area contributed by atoms with Gasteiger partial charge >= 0.3 is 0 Å². The first-order chi connectivity index (χ1) is 26.1. The minimum Gasteiger partial charge on any atom is -0.380 e. The Morgan fingerprint density at radius 2 is 0.481 bits per heavy atom. The van der Waals surface area contributed by atoms with E-state index in [1.807, 2.05) is 0 Å². The molecule has 0 N–H and O–H groups in total. The Morgan fingerprint density at radius 1 is 0.315 bits per heavy atom. The van der Waals surface area contributed by atoms with E-state index in [1.54, 1.807) is 0 Å². The molecule has 0 aromatic rings. The van der Waals surface area contributed by atoms with Crippen LogP contribution in [0.3, 0.4) is 0 Å². The van der Waals surface area contributed by atoms with Crippen molar-refractivity contribution in [2.24, 2.45) is 32.5 Å². The molecule has 0 amide bonds. The summed E-state index contributed by atoms with van der Waals surface area (Å²) in [6.07, 6.45) is 8.42. The van der Waals surface area contributed by atoms with E-state index < -0.39 is 11.9 Å². The molecule has 6 saturated heterocycles. The molecule has 6 fully saturated rings. The highest BCUT2D eigenvalue weighted by Crippen LogP contribution is 2.43. The van der Waals surface area contributed by atoms with Gasteiger partial charge in [-0.05, 0) is 51.4 Å². The predicted molar refractivity (Wildman–Crippen MR) is 201 cm³/mol. The van der Waals surface area contributed by atoms with Gasteiger partial charge in [-0.25, -0.2) is 0 Å². The smallest absolute Gasteiger partial charge is 0.282 e. The van der Waals surface area contributed by atoms with Crippen LogP contribution in [0.1, 0.15) is 106 Å². The number of hydrogen-bond acceptors (Lipinski definition) is 12. The Hall–Kier alpha value is -0.480. The Balaban J connectivity index is 1.21. The molecule has 54 heavy (non-hydrogen) atoms. The summed E-state index contributed by atoms with van der Waals surface area (Å²) in [6, 6.07) is 0. The SMILES string of the molecule is CCC1(COC(CCCCC(OCC2(CC)COC2)(OCC2(CC)COC2)OCC2(CC)COC2)(OCC2(CC)COC2)OCC2(CC)COC2)COC1. The van der Waals surface area contributed by atoms with Crippen molar-refractivity contribution in [2.75, 3.05) is 119 Å². The van der Waals surface area contributed by atoms with E-state index in [-0.39, 0.29) is 32.5 Å². The van der Waals surface area contributed by atoms with Crippen molar-refractivity contribution in [3.8, 4) is 0 Å². The molecule has 6 rings (SSSR count). The molecule has 0 aliphatic carbocycles. The average Bonchev–Trinajstić information content (AvgIpc) is 3.08. The first-order valence-electron chi connectivity index (χ1n) is 21.4. The fourth-order valence-electron chi connectivity index (χ4n) is 7.63. The van der Waals surface area contributed by atoms with Gasteiger partial charge in [-0.2, -0.15) is 0 Å². The highest BCUT2D eigenvalue weighted by Gasteiger charge is 2.50. The van der Waals surface area contributed by atoms with Gasteiger partial charge in [0.2, 0.25) is 0 Å². The lowest BCUT2D eigenvalue weighted by Gasteiger charge is -2.48. The fourth-order valence-corrected chi connectivity index (χ4v) is 7.63. The van der Waals surface area contributed by atoms with Crippen molar-refractivity contribution in [1.82, 2.24) is 0 Å². The minimum absolute atomic E-state index is 0.0336. The van der Waals surface area contributed by atoms with E-state index >= 15 is 0 Å². The quantitative estimate of drug-likeness (QED) is 0.0611. The van der Waals surface area contributed by atoms with Crippen molar-refractivity contribution >= 4 is 0 Å². The van der Waals surface area contributed by atoms with Crippen LogP contribution in [-0.2, 0) is 56.8 Å². The molecule has 6 aliphatic rings. The monoisotopic (exact) mass is 771 g/mol. The molecule has 6 heterocycles. The minimum atomic E-state index is -1.22. The van der Waals surface area contributed by atoms with Crippen LogP contribution in [0.25, 0.3) is 0 Å². The van der Waals surface area contributed by atoms with Crippen LogP contribution in [-0.4, -0.2) is 131 Å². The second kappa shape index (κ2) is 18.2. The second-order valence-corrected chi connectivity index (χ2v) is 18.4. The molecule has 0 unspecified atom stereocenters. The Bertz CT molecular complexity index is 888. The predicted octanol–water partition coefficient (Wildman–Crippen LogP) is 6.51. The van der Waals surface area contributed by atoms with Crippen LogP contribution < -0.4 is 0 Å². The van der Waals surface area contributed by atoms with Gasteiger partial charge in [0.1, 0.15) is 0 Å². The molecular weight excluding hydrogens is 696 g/mol. The molecule has 0 atom stereocenters. The summed E-state index contributed by atoms with van der Waals surface area (Å²) in [4.78, 5) is 0. The largest absolute Gasteiger partial charge is 0.380 e. The zero-order valence-electron chi connectivity index (χ0n) is 34.7. The highest BCUT2D eigenvalue weighted by atomic mass is 16.9. The molecule has 0 bridgehead atoms. The van der Waals surface area contributed by atoms with Crippen LogP contribution in [0.2, 0.25) is 0 Å². The van der Waals surface area contributed by atoms with Crippen LogP contribution in [0, 0.1) is 32.5 Å². The van der Waals surface area contributed by atoms with Gasteiger partial charge in [0, 0.05) is 45.3 Å². The summed E-state index contributed by atoms with van der Waals surface area (Å²) < 4.78 is 75.7. The van der Waals surface area contributed by atoms with Gasteiger partial charge in [0.25, 0.3) is 11.9 Å². The topological polar surface area (TPSA) is 111 Å². The van der Waals surface area contributed by atoms with E-state index in [9.17, 15) is 0 Å². The molecule has 0 aromatic heterocycles. The maximum absolute atomic E-state index is 6.92. The molecule has 12 nitrogen and oxygen atoms in total. The first kappa shape index (κ1) is 43.1. The summed E-state index contributed by atoms with van der Waals surface area (Å²) in [6.45, 7) is 24.6. The third kappa shape index (κ3) is 9.69. The molecule has 0 saturated carbocycles. The zero-order chi connectivity index (χ0) is 38.3. The number of hydrogen-bond donors (Lipinski definition) is 0. The van der Waals surface area contributed by atoms with Gasteiger partial charge < -0.3 is 56.8 Å². The van der Waals surface area contributed by atoms with E-state index in [0.29, 0.717) is 132 Å². The molecule has 0 radical (unpaired) electrons. The van der Waals surface area contributed by atoms with Crippen molar-refractivity contribution in [3.63, 3.8) is 0 Å². The average molecular weight is 771 g/mol. The lowest BCUT2D eigenvalue weighted by Crippen LogP contribution is -2.55. The van der Waals surface area contributed by atoms with Gasteiger partial charge in [-0.15, -0.1) is 0 Å². The number of ether oxygens (including phenoxy) is 12. The Kier molecular flexibility index (Phi) is 14.5. The Labute approximate surface area is 325 Å². The maximum atomic E-state index is 6.92. The molecule has 12 heteroatoms. The lowest BCUT2D eigenvalue weighted by molar-refractivity contribution is -0.419. The summed E-state index contributed by atoms with van der Waals surface area (Å²) >= 11 is 0. The second-order valence-electron chi connectivity index (χ2n) is 18.4. The normalized spacial score (nSPS) is 25.7. The fraction of sp³-hybridized carbons (Fsp3) is 1.00. The van der Waals surface area contributed by atoms with Crippen molar-refractivity contribution in [1.29, 1.82) is 0 Å². The third-order valence-electron chi connectivity index (χ3n) is 14.2. The summed E-state index contributed by atoms with van der Waals surface area (Å²) in [5.41, 5.74) is -0.202. The summed E-state index contributed by atoms with van der Waals surface area (Å²) in [5.74, 6) is -2.45. The van der Waals surface area contributed by atoms with Crippen molar-refractivity contribution < 1.29 is 56.8 Å². The zero-order valence-corrected chi connectivity index (χ0v) is 34.7. The van der Waals surface area contributed by atoms with Gasteiger partial charge in [0.15, 0.2) is 0 Å². The van der Waals surface area contributed by atoms with E-state index in [1.165, 1.54) is 0 Å². The van der Waals surface area contributed by atoms with E-state index in [0.717, 1.165) is 51.4 Å². The summed E-state index contributed by atoms with van der Waals surface area (Å²) in [5, 5.41) is 0. The Morgan fingerprint density at radius 3 is 0.593 bits per heavy atom. The van der Waals surface area contributed by atoms with Crippen LogP contribution in [0.15, 0.2) is 0 Å². The first-order valence-corrected chi connectivity index (χ1v) is 21.4.